The van der Waals surface area contributed by atoms with Gasteiger partial charge in [-0.25, -0.2) is 14.8 Å². The molecule has 0 saturated carbocycles. The van der Waals surface area contributed by atoms with Crippen molar-refractivity contribution in [2.45, 2.75) is 19.1 Å². The second kappa shape index (κ2) is 9.16. The number of phenolic OH excluding ortho intramolecular Hbond substituents is 1. The molecule has 1 N–H and O–H groups in total. The van der Waals surface area contributed by atoms with Gasteiger partial charge >= 0.3 is 5.97 Å². The summed E-state index contributed by atoms with van der Waals surface area (Å²) in [5.74, 6) is -2.36. The number of esters is 1. The largest absolute Gasteiger partial charge is 0.508 e. The zero-order valence-corrected chi connectivity index (χ0v) is 20.2. The molecule has 2 saturated heterocycles. The van der Waals surface area contributed by atoms with E-state index in [1.807, 2.05) is 30.3 Å². The van der Waals surface area contributed by atoms with Gasteiger partial charge in [-0.15, -0.1) is 0 Å². The van der Waals surface area contributed by atoms with Crippen LogP contribution in [-0.4, -0.2) is 35.6 Å². The minimum atomic E-state index is -1.07. The molecule has 9 heteroatoms. The van der Waals surface area contributed by atoms with Crippen molar-refractivity contribution in [3.63, 3.8) is 0 Å². The molecule has 2 aliphatic rings. The summed E-state index contributed by atoms with van der Waals surface area (Å²) in [4.78, 5) is 46.2. The predicted octanol–water partition coefficient (Wildman–Crippen LogP) is 4.38. The summed E-state index contributed by atoms with van der Waals surface area (Å²) in [5, 5.41) is 12.2. The van der Waals surface area contributed by atoms with E-state index in [9.17, 15) is 19.5 Å². The van der Waals surface area contributed by atoms with Crippen molar-refractivity contribution < 1.29 is 29.1 Å². The first-order chi connectivity index (χ1) is 16.9. The number of hydrogen-bond donors (Lipinski definition) is 1. The number of hydroxylamine groups is 1. The third kappa shape index (κ3) is 3.96. The number of imide groups is 1. The van der Waals surface area contributed by atoms with Crippen molar-refractivity contribution in [3.05, 3.63) is 88.4 Å². The fourth-order valence-corrected chi connectivity index (χ4v) is 4.89. The smallest absolute Gasteiger partial charge is 0.338 e. The lowest BCUT2D eigenvalue weighted by molar-refractivity contribution is -0.126. The number of halogens is 1. The summed E-state index contributed by atoms with van der Waals surface area (Å²) in [6.07, 6.45) is -1.07. The number of carbonyl (C=O) groups is 3. The van der Waals surface area contributed by atoms with Crippen LogP contribution in [0.25, 0.3) is 0 Å². The average molecular weight is 537 g/mol. The zero-order valence-electron chi connectivity index (χ0n) is 18.6. The van der Waals surface area contributed by atoms with Gasteiger partial charge in [0.15, 0.2) is 6.10 Å². The highest BCUT2D eigenvalue weighted by molar-refractivity contribution is 9.10. The van der Waals surface area contributed by atoms with Gasteiger partial charge < -0.3 is 9.84 Å². The summed E-state index contributed by atoms with van der Waals surface area (Å²) in [6, 6.07) is 19.4. The first-order valence-corrected chi connectivity index (χ1v) is 11.8. The number of aromatic hydroxyl groups is 1. The number of benzene rings is 3. The highest BCUT2D eigenvalue weighted by Crippen LogP contribution is 2.49. The molecule has 0 spiro atoms. The standard InChI is InChI=1S/C26H21BrN2O6/c1-2-34-26(33)15-8-11-17(12-9-15)28-24(31)21-22(19-14-16(27)10-13-20(19)30)29(35-23(21)25(28)32)18-6-4-3-5-7-18/h3-14,21-23,30H,2H2,1H3. The van der Waals surface area contributed by atoms with E-state index >= 15 is 0 Å². The molecule has 0 bridgehead atoms. The average Bonchev–Trinajstić information content (AvgIpc) is 3.37. The second-order valence-corrected chi connectivity index (χ2v) is 9.06. The van der Waals surface area contributed by atoms with Gasteiger partial charge in [-0.3, -0.25) is 14.4 Å². The maximum absolute atomic E-state index is 13.7. The summed E-state index contributed by atoms with van der Waals surface area (Å²) in [6.45, 7) is 1.96. The molecule has 35 heavy (non-hydrogen) atoms. The predicted molar refractivity (Wildman–Crippen MR) is 131 cm³/mol. The highest BCUT2D eigenvalue weighted by Gasteiger charge is 2.60. The fraction of sp³-hybridized carbons (Fsp3) is 0.192. The lowest BCUT2D eigenvalue weighted by Gasteiger charge is -2.29. The molecule has 0 radical (unpaired) electrons. The monoisotopic (exact) mass is 536 g/mol. The van der Waals surface area contributed by atoms with E-state index in [1.165, 1.54) is 35.4 Å². The van der Waals surface area contributed by atoms with E-state index in [1.54, 1.807) is 19.1 Å². The molecule has 2 amide bonds. The van der Waals surface area contributed by atoms with Crippen molar-refractivity contribution in [2.24, 2.45) is 5.92 Å². The van der Waals surface area contributed by atoms with Gasteiger partial charge in [-0.1, -0.05) is 34.1 Å². The van der Waals surface area contributed by atoms with Gasteiger partial charge in [0.05, 0.1) is 29.6 Å². The molecule has 2 fully saturated rings. The van der Waals surface area contributed by atoms with Crippen LogP contribution in [0.4, 0.5) is 11.4 Å². The maximum Gasteiger partial charge on any atom is 0.338 e. The number of fused-ring (bicyclic) bond motifs is 1. The number of para-hydroxylation sites is 1. The van der Waals surface area contributed by atoms with Crippen LogP contribution >= 0.6 is 15.9 Å². The molecule has 2 heterocycles. The van der Waals surface area contributed by atoms with Crippen LogP contribution in [0.3, 0.4) is 0 Å². The molecule has 3 aromatic rings. The third-order valence-corrected chi connectivity index (χ3v) is 6.56. The minimum Gasteiger partial charge on any atom is -0.508 e. The number of ether oxygens (including phenoxy) is 1. The van der Waals surface area contributed by atoms with E-state index in [2.05, 4.69) is 15.9 Å². The number of phenols is 1. The molecule has 3 unspecified atom stereocenters. The van der Waals surface area contributed by atoms with Crippen molar-refractivity contribution in [2.75, 3.05) is 16.6 Å². The van der Waals surface area contributed by atoms with Gasteiger partial charge in [0, 0.05) is 10.0 Å². The molecular weight excluding hydrogens is 516 g/mol. The Morgan fingerprint density at radius 3 is 2.40 bits per heavy atom. The van der Waals surface area contributed by atoms with E-state index in [4.69, 9.17) is 9.57 Å². The van der Waals surface area contributed by atoms with Gasteiger partial charge in [-0.05, 0) is 61.5 Å². The van der Waals surface area contributed by atoms with E-state index in [0.29, 0.717) is 27.0 Å². The molecule has 3 atom stereocenters. The summed E-state index contributed by atoms with van der Waals surface area (Å²) in [5.41, 5.74) is 1.75. The molecule has 2 aliphatic heterocycles. The molecule has 0 aliphatic carbocycles. The number of nitrogens with zero attached hydrogens (tertiary/aromatic N) is 2. The SMILES string of the molecule is CCOC(=O)c1ccc(N2C(=O)C3ON(c4ccccc4)C(c4cc(Br)ccc4O)C3C2=O)cc1. The number of rotatable bonds is 5. The molecule has 3 aromatic carbocycles. The molecule has 0 aromatic heterocycles. The van der Waals surface area contributed by atoms with Crippen LogP contribution in [0.15, 0.2) is 77.3 Å². The Morgan fingerprint density at radius 1 is 1.00 bits per heavy atom. The van der Waals surface area contributed by atoms with Gasteiger partial charge in [0.25, 0.3) is 5.91 Å². The van der Waals surface area contributed by atoms with Crippen LogP contribution in [0.2, 0.25) is 0 Å². The maximum atomic E-state index is 13.7. The Morgan fingerprint density at radius 2 is 1.71 bits per heavy atom. The van der Waals surface area contributed by atoms with E-state index < -0.39 is 35.8 Å². The van der Waals surface area contributed by atoms with Crippen molar-refractivity contribution in [1.29, 1.82) is 0 Å². The second-order valence-electron chi connectivity index (χ2n) is 8.14. The highest BCUT2D eigenvalue weighted by atomic mass is 79.9. The Hall–Kier alpha value is -3.69. The van der Waals surface area contributed by atoms with Crippen LogP contribution in [0, 0.1) is 5.92 Å². The first kappa shape index (κ1) is 23.1. The Kier molecular flexibility index (Phi) is 6.04. The van der Waals surface area contributed by atoms with Crippen LogP contribution in [-0.2, 0) is 19.2 Å². The zero-order chi connectivity index (χ0) is 24.7. The fourth-order valence-electron chi connectivity index (χ4n) is 4.51. The molecular formula is C26H21BrN2O6. The van der Waals surface area contributed by atoms with Crippen molar-refractivity contribution in [1.82, 2.24) is 0 Å². The van der Waals surface area contributed by atoms with Gasteiger partial charge in [0.2, 0.25) is 5.91 Å². The van der Waals surface area contributed by atoms with Crippen LogP contribution < -0.4 is 9.96 Å². The van der Waals surface area contributed by atoms with E-state index in [0.717, 1.165) is 4.90 Å². The van der Waals surface area contributed by atoms with Crippen LogP contribution in [0.5, 0.6) is 5.75 Å². The lowest BCUT2D eigenvalue weighted by atomic mass is 9.90. The Bertz CT molecular complexity index is 1300. The Labute approximate surface area is 209 Å². The number of hydrogen-bond acceptors (Lipinski definition) is 7. The van der Waals surface area contributed by atoms with Crippen LogP contribution in [0.1, 0.15) is 28.9 Å². The number of amides is 2. The minimum absolute atomic E-state index is 0.0131. The van der Waals surface area contributed by atoms with Crippen molar-refractivity contribution in [3.8, 4) is 5.75 Å². The van der Waals surface area contributed by atoms with Gasteiger partial charge in [-0.2, -0.15) is 0 Å². The lowest BCUT2D eigenvalue weighted by Crippen LogP contribution is -2.37. The summed E-state index contributed by atoms with van der Waals surface area (Å²) in [7, 11) is 0. The third-order valence-electron chi connectivity index (χ3n) is 6.07. The summed E-state index contributed by atoms with van der Waals surface area (Å²) >= 11 is 3.43. The number of anilines is 2. The molecule has 5 rings (SSSR count). The van der Waals surface area contributed by atoms with Crippen molar-refractivity contribution >= 4 is 45.1 Å². The molecule has 178 valence electrons. The van der Waals surface area contributed by atoms with E-state index in [-0.39, 0.29) is 12.4 Å². The van der Waals surface area contributed by atoms with Gasteiger partial charge in [0.1, 0.15) is 11.7 Å². The Balaban J connectivity index is 1.53. The molecule has 8 nitrogen and oxygen atoms in total. The quantitative estimate of drug-likeness (QED) is 0.381. The topological polar surface area (TPSA) is 96.4 Å². The number of carbonyl (C=O) groups excluding carboxylic acids is 3. The normalized spacial score (nSPS) is 21.4. The summed E-state index contributed by atoms with van der Waals surface area (Å²) < 4.78 is 5.71. The first-order valence-electron chi connectivity index (χ1n) is 11.0.